The summed E-state index contributed by atoms with van der Waals surface area (Å²) in [6.45, 7) is 4.32. The third-order valence-corrected chi connectivity index (χ3v) is 3.16. The number of imidazole rings is 1. The molecule has 0 fully saturated rings. The summed E-state index contributed by atoms with van der Waals surface area (Å²) in [4.78, 5) is 4.06. The fourth-order valence-corrected chi connectivity index (χ4v) is 1.92. The zero-order valence-electron chi connectivity index (χ0n) is 11.0. The van der Waals surface area contributed by atoms with Gasteiger partial charge in [0.2, 0.25) is 0 Å². The highest BCUT2D eigenvalue weighted by Gasteiger charge is 2.16. The first-order valence-electron chi connectivity index (χ1n) is 6.18. The Morgan fingerprint density at radius 3 is 2.68 bits per heavy atom. The minimum Gasteiger partial charge on any atom is -0.329 e. The number of rotatable bonds is 4. The third kappa shape index (κ3) is 2.98. The van der Waals surface area contributed by atoms with Crippen LogP contribution in [0.1, 0.15) is 31.1 Å². The molecule has 1 unspecified atom stereocenters. The molecule has 1 aromatic carbocycles. The van der Waals surface area contributed by atoms with Gasteiger partial charge in [0.1, 0.15) is 11.6 Å². The van der Waals surface area contributed by atoms with Crippen LogP contribution in [0.4, 0.5) is 8.78 Å². The fourth-order valence-electron chi connectivity index (χ4n) is 1.92. The Morgan fingerprint density at radius 1 is 1.32 bits per heavy atom. The predicted molar refractivity (Wildman–Crippen MR) is 69.5 cm³/mol. The highest BCUT2D eigenvalue weighted by molar-refractivity contribution is 5.20. The number of halogens is 2. The molecule has 2 N–H and O–H groups in total. The van der Waals surface area contributed by atoms with Gasteiger partial charge in [-0.25, -0.2) is 13.8 Å². The van der Waals surface area contributed by atoms with Crippen molar-refractivity contribution >= 4 is 0 Å². The molecular weight excluding hydrogens is 248 g/mol. The van der Waals surface area contributed by atoms with E-state index in [-0.39, 0.29) is 12.0 Å². The summed E-state index contributed by atoms with van der Waals surface area (Å²) in [6, 6.07) is 3.41. The summed E-state index contributed by atoms with van der Waals surface area (Å²) in [5, 5.41) is 0. The molecule has 1 atom stereocenters. The zero-order chi connectivity index (χ0) is 14.0. The van der Waals surface area contributed by atoms with Crippen molar-refractivity contribution in [1.82, 2.24) is 9.55 Å². The van der Waals surface area contributed by atoms with E-state index in [1.807, 2.05) is 13.8 Å². The molecule has 0 bridgehead atoms. The van der Waals surface area contributed by atoms with Gasteiger partial charge in [-0.15, -0.1) is 0 Å². The van der Waals surface area contributed by atoms with Crippen LogP contribution in [-0.4, -0.2) is 9.55 Å². The molecule has 2 rings (SSSR count). The molecule has 5 heteroatoms. The Hall–Kier alpha value is -1.75. The Morgan fingerprint density at radius 2 is 2.05 bits per heavy atom. The fraction of sp³-hybridized carbons (Fsp3) is 0.357. The number of nitrogens with two attached hydrogens (primary N) is 1. The molecular formula is C14H17F2N3. The van der Waals surface area contributed by atoms with Gasteiger partial charge < -0.3 is 10.3 Å². The van der Waals surface area contributed by atoms with Crippen LogP contribution < -0.4 is 5.73 Å². The maximum Gasteiger partial charge on any atom is 0.131 e. The van der Waals surface area contributed by atoms with E-state index in [2.05, 4.69) is 4.98 Å². The molecule has 1 aromatic heterocycles. The second-order valence-corrected chi connectivity index (χ2v) is 4.95. The predicted octanol–water partition coefficient (Wildman–Crippen LogP) is 2.87. The van der Waals surface area contributed by atoms with Crippen molar-refractivity contribution in [3.8, 4) is 0 Å². The average Bonchev–Trinajstić information content (AvgIpc) is 2.79. The Bertz CT molecular complexity index is 564. The van der Waals surface area contributed by atoms with Gasteiger partial charge in [-0.2, -0.15) is 0 Å². The van der Waals surface area contributed by atoms with Crippen LogP contribution in [0.15, 0.2) is 30.7 Å². The first-order chi connectivity index (χ1) is 8.99. The molecule has 102 valence electrons. The molecule has 0 radical (unpaired) electrons. The van der Waals surface area contributed by atoms with E-state index in [0.29, 0.717) is 12.1 Å². The van der Waals surface area contributed by atoms with Crippen molar-refractivity contribution < 1.29 is 8.78 Å². The van der Waals surface area contributed by atoms with Gasteiger partial charge in [0.05, 0.1) is 18.6 Å². The van der Waals surface area contributed by atoms with Gasteiger partial charge in [0.25, 0.3) is 0 Å². The van der Waals surface area contributed by atoms with Gasteiger partial charge in [-0.1, -0.05) is 19.9 Å². The van der Waals surface area contributed by atoms with Gasteiger partial charge in [-0.3, -0.25) is 0 Å². The average molecular weight is 265 g/mol. The van der Waals surface area contributed by atoms with Crippen LogP contribution in [0.2, 0.25) is 0 Å². The molecule has 0 amide bonds. The van der Waals surface area contributed by atoms with E-state index in [1.54, 1.807) is 17.1 Å². The quantitative estimate of drug-likeness (QED) is 0.923. The van der Waals surface area contributed by atoms with E-state index in [9.17, 15) is 8.78 Å². The summed E-state index contributed by atoms with van der Waals surface area (Å²) in [6.07, 6.45) is 3.30. The number of hydrogen-bond acceptors (Lipinski definition) is 2. The molecule has 0 aliphatic heterocycles. The third-order valence-electron chi connectivity index (χ3n) is 3.16. The lowest BCUT2D eigenvalue weighted by atomic mass is 10.0. The highest BCUT2D eigenvalue weighted by Crippen LogP contribution is 2.20. The minimum atomic E-state index is -0.578. The molecule has 2 aromatic rings. The van der Waals surface area contributed by atoms with Crippen LogP contribution in [0, 0.1) is 17.6 Å². The topological polar surface area (TPSA) is 43.8 Å². The van der Waals surface area contributed by atoms with Gasteiger partial charge in [-0.05, 0) is 12.0 Å². The second-order valence-electron chi connectivity index (χ2n) is 4.95. The van der Waals surface area contributed by atoms with Crippen LogP contribution in [0.3, 0.4) is 0 Å². The molecule has 0 saturated heterocycles. The van der Waals surface area contributed by atoms with E-state index in [0.717, 1.165) is 11.8 Å². The van der Waals surface area contributed by atoms with E-state index >= 15 is 0 Å². The van der Waals surface area contributed by atoms with E-state index in [4.69, 9.17) is 5.73 Å². The normalized spacial score (nSPS) is 12.9. The number of nitrogens with zero attached hydrogens (tertiary/aromatic N) is 2. The van der Waals surface area contributed by atoms with Gasteiger partial charge in [0.15, 0.2) is 0 Å². The van der Waals surface area contributed by atoms with Gasteiger partial charge >= 0.3 is 0 Å². The van der Waals surface area contributed by atoms with Crippen LogP contribution >= 0.6 is 0 Å². The SMILES string of the molecule is CC(C)C(N)c1cncn1Cc1ccc(F)cc1F. The summed E-state index contributed by atoms with van der Waals surface area (Å²) in [7, 11) is 0. The van der Waals surface area contributed by atoms with Gasteiger partial charge in [0, 0.05) is 23.9 Å². The van der Waals surface area contributed by atoms with Crippen LogP contribution in [0.5, 0.6) is 0 Å². The Balaban J connectivity index is 2.27. The standard InChI is InChI=1S/C14H17F2N3/c1-9(2)14(17)13-6-18-8-19(13)7-10-3-4-11(15)5-12(10)16/h3-6,8-9,14H,7,17H2,1-2H3. The smallest absolute Gasteiger partial charge is 0.131 e. The number of benzene rings is 1. The molecule has 0 aliphatic carbocycles. The summed E-state index contributed by atoms with van der Waals surface area (Å²) in [5.41, 5.74) is 7.34. The molecule has 3 nitrogen and oxygen atoms in total. The Labute approximate surface area is 111 Å². The highest BCUT2D eigenvalue weighted by atomic mass is 19.1. The first kappa shape index (κ1) is 13.7. The van der Waals surface area contributed by atoms with Crippen LogP contribution in [0.25, 0.3) is 0 Å². The maximum atomic E-state index is 13.6. The van der Waals surface area contributed by atoms with Crippen molar-refractivity contribution in [2.45, 2.75) is 26.4 Å². The van der Waals surface area contributed by atoms with Crippen molar-refractivity contribution in [2.24, 2.45) is 11.7 Å². The van der Waals surface area contributed by atoms with E-state index < -0.39 is 11.6 Å². The molecule has 19 heavy (non-hydrogen) atoms. The van der Waals surface area contributed by atoms with Crippen LogP contribution in [-0.2, 0) is 6.54 Å². The lowest BCUT2D eigenvalue weighted by molar-refractivity contribution is 0.481. The maximum absolute atomic E-state index is 13.6. The molecule has 1 heterocycles. The molecule has 0 spiro atoms. The largest absolute Gasteiger partial charge is 0.329 e. The lowest BCUT2D eigenvalue weighted by Crippen LogP contribution is -2.20. The molecule has 0 aliphatic rings. The van der Waals surface area contributed by atoms with Crippen molar-refractivity contribution in [2.75, 3.05) is 0 Å². The monoisotopic (exact) mass is 265 g/mol. The summed E-state index contributed by atoms with van der Waals surface area (Å²) >= 11 is 0. The summed E-state index contributed by atoms with van der Waals surface area (Å²) in [5.74, 6) is -0.878. The number of hydrogen-bond donors (Lipinski definition) is 1. The van der Waals surface area contributed by atoms with E-state index in [1.165, 1.54) is 12.1 Å². The van der Waals surface area contributed by atoms with Crippen molar-refractivity contribution in [3.05, 3.63) is 53.6 Å². The summed E-state index contributed by atoms with van der Waals surface area (Å²) < 4.78 is 28.3. The minimum absolute atomic E-state index is 0.161. The number of aromatic nitrogens is 2. The van der Waals surface area contributed by atoms with Crippen molar-refractivity contribution in [1.29, 1.82) is 0 Å². The Kier molecular flexibility index (Phi) is 3.95. The second kappa shape index (κ2) is 5.48. The zero-order valence-corrected chi connectivity index (χ0v) is 11.0. The molecule has 0 saturated carbocycles. The lowest BCUT2D eigenvalue weighted by Gasteiger charge is -2.18. The van der Waals surface area contributed by atoms with Crippen molar-refractivity contribution in [3.63, 3.8) is 0 Å². The first-order valence-corrected chi connectivity index (χ1v) is 6.18.